The van der Waals surface area contributed by atoms with Crippen molar-refractivity contribution in [1.29, 1.82) is 0 Å². The Morgan fingerprint density at radius 3 is 1.12 bits per heavy atom. The maximum atomic E-state index is 12.3. The van der Waals surface area contributed by atoms with Crippen molar-refractivity contribution in [1.82, 2.24) is 20.9 Å². The Labute approximate surface area is 733 Å². The van der Waals surface area contributed by atoms with Gasteiger partial charge in [0.1, 0.15) is 64.8 Å². The van der Waals surface area contributed by atoms with E-state index in [9.17, 15) is 71.5 Å². The van der Waals surface area contributed by atoms with E-state index in [1.54, 1.807) is 123 Å². The van der Waals surface area contributed by atoms with Gasteiger partial charge in [0.25, 0.3) is 0 Å². The maximum Gasteiger partial charge on any atom is 1.00 e. The van der Waals surface area contributed by atoms with Gasteiger partial charge in [-0.2, -0.15) is 6.42 Å². The Balaban J connectivity index is -0.000000675. The first-order chi connectivity index (χ1) is 56.1. The maximum absolute atomic E-state index is 12.3. The third-order valence-corrected chi connectivity index (χ3v) is 20.4. The molecule has 3 saturated carbocycles. The number of alkyl carbamates (subject to hydrolysis) is 3. The minimum Gasteiger partial charge on any atom is -0.480 e. The standard InChI is InChI=1S/C18H29NO5.C17H27NO5.C16H30NO8P.C11H17NO5.C6H10O.C5H13O3P.2C4H8O.C4H9.Li/c1-18(2,3)24-17(22)19-15(16(21)23-4)12-11-14(20)10-9-13-7-5-6-8-13;1-17(2,3)23-16(22)18-14(15(20)21)11-10-13(19)9-8-12-6-4-5-7-12;1-7-23-26(21,24-8-2)11-12(18)9-10-13(14(19)22-6)17-15(20)25-16(3,4)5;1-11(2,3)17-10(15)12-7(9(14)16-4)5-6-8(12)13;7-5-6-3-1-2-4-6;1-4-7-9(3,6)8-5-2;2*1-2-4-5-3-1;1-3-4-2;/h9-10,13,15H,5-8,11-12H2,1-4H3,(H,19,22);8-9,12,14H,4-7,10-11H2,1-3H3,(H,18,22)(H,20,21);13H,7-11H2,1-6H3,(H,17,20);7H,5-6H2,1-4H3;5-6H,1-4H2;4-5H2,1-3H3;2*1-4H2;1,3-4H2,2H3;/q;;;;;;;;-1;+1/b10-9+;9-8+;;;;;;;;/t15-;14-;13-;7-;;;;;;/m0000....../s1. The monoisotopic (exact) mass is 1760 g/mol. The van der Waals surface area contributed by atoms with Crippen LogP contribution in [0.3, 0.4) is 0 Å². The number of amides is 5. The van der Waals surface area contributed by atoms with Crippen LogP contribution in [0.2, 0.25) is 0 Å². The molecule has 696 valence electrons. The molecule has 3 heterocycles. The van der Waals surface area contributed by atoms with Gasteiger partial charge >= 0.3 is 82.3 Å². The molecule has 0 aromatic carbocycles. The molecule has 3 aliphatic heterocycles. The first-order valence-corrected chi connectivity index (χ1v) is 45.9. The van der Waals surface area contributed by atoms with Crippen LogP contribution >= 0.6 is 15.2 Å². The van der Waals surface area contributed by atoms with Crippen LogP contribution in [0.1, 0.15) is 285 Å². The topological polar surface area (TPSA) is 436 Å². The number of aliphatic carboxylic acids is 1. The van der Waals surface area contributed by atoms with E-state index in [-0.39, 0.29) is 95.0 Å². The first-order valence-electron chi connectivity index (χ1n) is 42.2. The van der Waals surface area contributed by atoms with Crippen LogP contribution in [0, 0.1) is 24.7 Å². The molecule has 33 nitrogen and oxygen atoms in total. The number of carbonyl (C=O) groups is 13. The number of methoxy groups -OCH3 is 3. The molecular formula is C85H151LiN4O29P2. The molecule has 0 aromatic rings. The zero-order chi connectivity index (χ0) is 92.1. The second kappa shape index (κ2) is 67.9. The van der Waals surface area contributed by atoms with Gasteiger partial charge in [0, 0.05) is 64.7 Å². The number of ketones is 3. The molecule has 6 rings (SSSR count). The molecule has 3 aliphatic carbocycles. The number of rotatable bonds is 32. The van der Waals surface area contributed by atoms with Gasteiger partial charge in [0.2, 0.25) is 5.91 Å². The Bertz CT molecular complexity index is 3090. The summed E-state index contributed by atoms with van der Waals surface area (Å²) in [5.41, 5.74) is -2.81. The predicted octanol–water partition coefficient (Wildman–Crippen LogP) is 13.4. The van der Waals surface area contributed by atoms with Crippen LogP contribution in [-0.4, -0.2) is 221 Å². The van der Waals surface area contributed by atoms with Gasteiger partial charge in [-0.3, -0.25) is 28.3 Å². The van der Waals surface area contributed by atoms with E-state index >= 15 is 0 Å². The van der Waals surface area contributed by atoms with E-state index in [0.717, 1.165) is 82.6 Å². The molecular weight excluding hydrogens is 1610 g/mol. The molecule has 0 aromatic heterocycles. The van der Waals surface area contributed by atoms with Gasteiger partial charge in [0.15, 0.2) is 11.6 Å². The van der Waals surface area contributed by atoms with Crippen molar-refractivity contribution in [3.8, 4) is 0 Å². The van der Waals surface area contributed by atoms with Crippen molar-refractivity contribution < 1.29 is 156 Å². The van der Waals surface area contributed by atoms with Gasteiger partial charge in [-0.15, -0.1) is 0 Å². The van der Waals surface area contributed by atoms with Crippen LogP contribution in [0.15, 0.2) is 24.3 Å². The predicted molar refractivity (Wildman–Crippen MR) is 455 cm³/mol. The molecule has 6 aliphatic rings. The van der Waals surface area contributed by atoms with Gasteiger partial charge in [-0.1, -0.05) is 64.0 Å². The van der Waals surface area contributed by atoms with E-state index in [0.29, 0.717) is 31.0 Å². The smallest absolute Gasteiger partial charge is 0.480 e. The Kier molecular flexibility index (Phi) is 67.9. The average molecular weight is 1760 g/mol. The molecule has 4 atom stereocenters. The van der Waals surface area contributed by atoms with Gasteiger partial charge in [-0.25, -0.2) is 43.3 Å². The summed E-state index contributed by atoms with van der Waals surface area (Å²) in [6.07, 6.45) is 26.9. The molecule has 0 radical (unpaired) electrons. The van der Waals surface area contributed by atoms with Crippen molar-refractivity contribution in [2.75, 3.05) is 87.0 Å². The van der Waals surface area contributed by atoms with E-state index < -0.39 is 128 Å². The largest absolute Gasteiger partial charge is 1.00 e. The number of esters is 3. The van der Waals surface area contributed by atoms with Crippen LogP contribution in [0.5, 0.6) is 0 Å². The minimum atomic E-state index is -3.50. The minimum absolute atomic E-state index is 0. The number of hydrogen-bond acceptors (Lipinski definition) is 28. The SMILES string of the molecule is C1CCOC1.C1CCOC1.CC(C)(C)OC(=O)N[C@@H](CCC(=O)/C=C/C1CCCC1)C(=O)O.CCOP(=O)(CC(=O)CC[C@H](NC(=O)OC(C)(C)C)C(=O)OC)OCC.CCOP(C)(=O)OCC.COC(=O)[C@@H]1CCC(=O)N1C(=O)OC(C)(C)C.COC(=O)[C@H](CCC(=O)/C=C/C1CCCC1)NC(=O)OC(C)(C)C.O=CC1CCCC1.[CH2-]CCC.[Li+]. The first kappa shape index (κ1) is 121. The van der Waals surface area contributed by atoms with Crippen molar-refractivity contribution in [2.24, 2.45) is 17.8 Å². The van der Waals surface area contributed by atoms with Crippen LogP contribution < -0.4 is 34.8 Å². The Hall–Kier alpha value is -6.39. The number of unbranched alkanes of at least 4 members (excludes halogenated alkanes) is 1. The summed E-state index contributed by atoms with van der Waals surface area (Å²) in [6, 6.07) is -3.94. The second-order valence-electron chi connectivity index (χ2n) is 32.6. The van der Waals surface area contributed by atoms with E-state index in [4.69, 9.17) is 51.6 Å². The van der Waals surface area contributed by atoms with Gasteiger partial charge < -0.3 is 93.5 Å². The molecule has 0 spiro atoms. The zero-order valence-electron chi connectivity index (χ0n) is 77.1. The van der Waals surface area contributed by atoms with Gasteiger partial charge in [-0.05, 0) is 225 Å². The third kappa shape index (κ3) is 67.7. The Morgan fingerprint density at radius 2 is 0.835 bits per heavy atom. The number of nitrogens with one attached hydrogen (secondary N) is 3. The summed E-state index contributed by atoms with van der Waals surface area (Å²) in [7, 11) is -2.55. The molecule has 0 bridgehead atoms. The summed E-state index contributed by atoms with van der Waals surface area (Å²) < 4.78 is 87.1. The fourth-order valence-electron chi connectivity index (χ4n) is 11.2. The summed E-state index contributed by atoms with van der Waals surface area (Å²) >= 11 is 0. The number of aldehydes is 1. The van der Waals surface area contributed by atoms with Crippen LogP contribution in [0.4, 0.5) is 19.2 Å². The molecule has 121 heavy (non-hydrogen) atoms. The number of carboxylic acids is 1. The molecule has 4 N–H and O–H groups in total. The normalized spacial score (nSPS) is 16.7. The van der Waals surface area contributed by atoms with Crippen LogP contribution in [0.25, 0.3) is 0 Å². The molecule has 3 saturated heterocycles. The molecule has 36 heteroatoms. The number of Topliss-reactive ketones (excluding diaryl/α,β-unsaturated/α-hetero) is 1. The second-order valence-corrected chi connectivity index (χ2v) is 36.7. The van der Waals surface area contributed by atoms with Gasteiger partial charge in [0.05, 0.1) is 47.8 Å². The van der Waals surface area contributed by atoms with Crippen molar-refractivity contribution >= 4 is 93.0 Å². The number of hydrogen-bond donors (Lipinski definition) is 4. The summed E-state index contributed by atoms with van der Waals surface area (Å²) in [6.45, 7) is 39.6. The van der Waals surface area contributed by atoms with E-state index in [1.807, 2.05) is 12.2 Å². The van der Waals surface area contributed by atoms with Crippen molar-refractivity contribution in [3.63, 3.8) is 0 Å². The summed E-state index contributed by atoms with van der Waals surface area (Å²) in [5.74, 6) is -2.68. The molecule has 6 fully saturated rings. The van der Waals surface area contributed by atoms with Crippen molar-refractivity contribution in [2.45, 2.75) is 331 Å². The number of nitrogens with zero attached hydrogens (tertiary/aromatic N) is 1. The summed E-state index contributed by atoms with van der Waals surface area (Å²) in [4.78, 5) is 151. The number of likely N-dealkylation sites (tertiary alicyclic amines) is 1. The third-order valence-electron chi connectivity index (χ3n) is 16.9. The Morgan fingerprint density at radius 1 is 0.504 bits per heavy atom. The number of ether oxygens (including phenoxy) is 9. The van der Waals surface area contributed by atoms with E-state index in [2.05, 4.69) is 44.0 Å². The fraction of sp³-hybridized carbons (Fsp3) is 0.788. The average Bonchev–Trinajstić information content (AvgIpc) is 1.68. The van der Waals surface area contributed by atoms with E-state index in [1.165, 1.54) is 98.6 Å². The fourth-order valence-corrected chi connectivity index (χ4v) is 13.9. The summed E-state index contributed by atoms with van der Waals surface area (Å²) in [5, 5.41) is 16.3. The number of carboxylic acid groups (broad SMARTS) is 1. The molecule has 0 unspecified atom stereocenters. The number of imide groups is 1. The van der Waals surface area contributed by atoms with Crippen LogP contribution in [-0.2, 0) is 113 Å². The van der Waals surface area contributed by atoms with Crippen molar-refractivity contribution in [3.05, 3.63) is 31.2 Å². The number of allylic oxidation sites excluding steroid dienone is 4. The zero-order valence-corrected chi connectivity index (χ0v) is 78.9. The number of carbonyl (C=O) groups excluding carboxylic acids is 12. The quantitative estimate of drug-likeness (QED) is 0.00924. The molecule has 5 amide bonds.